The van der Waals surface area contributed by atoms with Crippen molar-refractivity contribution < 1.29 is 0 Å². The van der Waals surface area contributed by atoms with Crippen molar-refractivity contribution in [3.63, 3.8) is 0 Å². The third-order valence-corrected chi connectivity index (χ3v) is 2.31. The Balaban J connectivity index is 2.69. The van der Waals surface area contributed by atoms with Gasteiger partial charge in [-0.3, -0.25) is 0 Å². The first-order chi connectivity index (χ1) is 3.41. The van der Waals surface area contributed by atoms with Gasteiger partial charge in [-0.15, -0.1) is 0 Å². The summed E-state index contributed by atoms with van der Waals surface area (Å²) in [5.74, 6) is 0. The fourth-order valence-corrected chi connectivity index (χ4v) is 1.44. The van der Waals surface area contributed by atoms with E-state index in [1.54, 1.807) is 0 Å². The van der Waals surface area contributed by atoms with Crippen LogP contribution in [0.25, 0.3) is 0 Å². The van der Waals surface area contributed by atoms with E-state index < -0.39 is 0 Å². The molecular formula is C6H14Sn. The molecule has 0 unspecified atom stereocenters. The monoisotopic (exact) mass is 206 g/mol. The van der Waals surface area contributed by atoms with Gasteiger partial charge >= 0.3 is 58.9 Å². The van der Waals surface area contributed by atoms with Crippen molar-refractivity contribution in [2.45, 2.75) is 26.2 Å². The number of hydrogen-bond acceptors (Lipinski definition) is 0. The average molecular weight is 205 g/mol. The molecule has 7 heavy (non-hydrogen) atoms. The second-order valence-electron chi connectivity index (χ2n) is 1.71. The van der Waals surface area contributed by atoms with Crippen LogP contribution >= 0.6 is 0 Å². The zero-order valence-electron chi connectivity index (χ0n) is 5.28. The van der Waals surface area contributed by atoms with E-state index in [0.717, 1.165) is 22.5 Å². The Morgan fingerprint density at radius 2 is 2.29 bits per heavy atom. The van der Waals surface area contributed by atoms with Gasteiger partial charge in [0.15, 0.2) is 0 Å². The Bertz CT molecular complexity index is 48.1. The van der Waals surface area contributed by atoms with E-state index in [2.05, 4.69) is 17.1 Å². The summed E-state index contributed by atoms with van der Waals surface area (Å²) in [7, 11) is 0. The second kappa shape index (κ2) is 6.54. The van der Waals surface area contributed by atoms with Gasteiger partial charge in [0.25, 0.3) is 0 Å². The van der Waals surface area contributed by atoms with Crippen molar-refractivity contribution in [1.29, 1.82) is 0 Å². The molecule has 0 atom stereocenters. The van der Waals surface area contributed by atoms with Crippen LogP contribution in [0.1, 0.15) is 26.2 Å². The van der Waals surface area contributed by atoms with Gasteiger partial charge in [-0.2, -0.15) is 0 Å². The predicted octanol–water partition coefficient (Wildman–Crippen LogP) is 1.06. The summed E-state index contributed by atoms with van der Waals surface area (Å²) in [5, 5.41) is 0. The molecule has 0 heterocycles. The van der Waals surface area contributed by atoms with Crippen molar-refractivity contribution in [1.82, 2.24) is 0 Å². The molecule has 0 fully saturated rings. The second-order valence-corrected chi connectivity index (χ2v) is 3.61. The van der Waals surface area contributed by atoms with E-state index >= 15 is 0 Å². The Morgan fingerprint density at radius 1 is 1.57 bits per heavy atom. The first-order valence-corrected chi connectivity index (χ1v) is 6.32. The van der Waals surface area contributed by atoms with Gasteiger partial charge in [0.1, 0.15) is 0 Å². The van der Waals surface area contributed by atoms with Crippen LogP contribution < -0.4 is 0 Å². The molecule has 0 aromatic heterocycles. The molecule has 0 amide bonds. The molecule has 1 heteroatoms. The molecule has 0 nitrogen and oxygen atoms in total. The zero-order valence-corrected chi connectivity index (χ0v) is 11.0. The van der Waals surface area contributed by atoms with Gasteiger partial charge in [0, 0.05) is 0 Å². The number of rotatable bonds is 3. The quantitative estimate of drug-likeness (QED) is 0.477. The Hall–Kier alpha value is 0.539. The number of unbranched alkanes of at least 4 members (excludes halogenated alkanes) is 2. The summed E-state index contributed by atoms with van der Waals surface area (Å²) < 4.78 is 2.32. The summed E-state index contributed by atoms with van der Waals surface area (Å²) in [6.07, 6.45) is 6.32. The molecule has 0 aliphatic heterocycles. The summed E-state index contributed by atoms with van der Waals surface area (Å²) in [6, 6.07) is 0. The van der Waals surface area contributed by atoms with Crippen LogP contribution in [0.2, 0.25) is 0 Å². The number of hydrogen-bond donors (Lipinski definition) is 0. The van der Waals surface area contributed by atoms with E-state index in [9.17, 15) is 0 Å². The summed E-state index contributed by atoms with van der Waals surface area (Å²) >= 11 is 0.795. The molecule has 0 bridgehead atoms. The molecule has 42 valence electrons. The molecule has 0 aliphatic carbocycles. The molecule has 0 aromatic rings. The molecule has 0 saturated heterocycles. The molecule has 0 aliphatic rings. The molecule has 0 radical (unpaired) electrons. The fraction of sp³-hybridized carbons (Fsp3) is 0.667. The third kappa shape index (κ3) is 6.54. The standard InChI is InChI=1S/C6H11.Sn.3H/c1-3-5-6-4-2;;;;/h1,3H,4-6H2,2H3;;;;. The van der Waals surface area contributed by atoms with Crippen LogP contribution in [0.3, 0.4) is 0 Å². The van der Waals surface area contributed by atoms with Crippen molar-refractivity contribution in [2.75, 3.05) is 0 Å². The topological polar surface area (TPSA) is 0 Å². The molecule has 0 aromatic carbocycles. The Labute approximate surface area is 59.1 Å². The van der Waals surface area contributed by atoms with Crippen LogP contribution in [0.15, 0.2) is 10.2 Å². The van der Waals surface area contributed by atoms with Crippen molar-refractivity contribution in [3.8, 4) is 0 Å². The van der Waals surface area contributed by atoms with Crippen molar-refractivity contribution >= 4 is 22.5 Å². The van der Waals surface area contributed by atoms with Gasteiger partial charge in [-0.25, -0.2) is 0 Å². The summed E-state index contributed by atoms with van der Waals surface area (Å²) in [5.41, 5.74) is 0. The van der Waals surface area contributed by atoms with E-state index in [1.165, 1.54) is 19.3 Å². The summed E-state index contributed by atoms with van der Waals surface area (Å²) in [4.78, 5) is 0. The average Bonchev–Trinajstić information content (AvgIpc) is 1.69. The Morgan fingerprint density at radius 3 is 2.71 bits per heavy atom. The zero-order chi connectivity index (χ0) is 5.54. The number of allylic oxidation sites excluding steroid dienone is 1. The van der Waals surface area contributed by atoms with Crippen molar-refractivity contribution in [3.05, 3.63) is 10.2 Å². The van der Waals surface area contributed by atoms with E-state index in [4.69, 9.17) is 0 Å². The van der Waals surface area contributed by atoms with E-state index in [0.29, 0.717) is 0 Å². The van der Waals surface area contributed by atoms with Crippen LogP contribution in [0, 0.1) is 0 Å². The predicted molar refractivity (Wildman–Crippen MR) is 38.6 cm³/mol. The van der Waals surface area contributed by atoms with Crippen LogP contribution in [-0.2, 0) is 0 Å². The SMILES string of the molecule is CCCCC=[CH][SnH3]. The summed E-state index contributed by atoms with van der Waals surface area (Å²) in [6.45, 7) is 2.23. The normalized spacial score (nSPS) is 11.0. The van der Waals surface area contributed by atoms with Gasteiger partial charge in [-0.1, -0.05) is 0 Å². The minimum atomic E-state index is 0.795. The minimum absolute atomic E-state index is 0.795. The maximum absolute atomic E-state index is 2.32. The molecule has 0 rings (SSSR count). The first kappa shape index (κ1) is 7.54. The Kier molecular flexibility index (Phi) is 7.04. The van der Waals surface area contributed by atoms with E-state index in [-0.39, 0.29) is 0 Å². The van der Waals surface area contributed by atoms with Gasteiger partial charge in [-0.05, 0) is 0 Å². The van der Waals surface area contributed by atoms with Gasteiger partial charge in [0.2, 0.25) is 0 Å². The van der Waals surface area contributed by atoms with Crippen LogP contribution in [-0.4, -0.2) is 22.5 Å². The van der Waals surface area contributed by atoms with E-state index in [1.807, 2.05) is 0 Å². The van der Waals surface area contributed by atoms with Gasteiger partial charge in [0.05, 0.1) is 0 Å². The maximum atomic E-state index is 2.32. The van der Waals surface area contributed by atoms with Crippen molar-refractivity contribution in [2.24, 2.45) is 0 Å². The van der Waals surface area contributed by atoms with Gasteiger partial charge < -0.3 is 0 Å². The van der Waals surface area contributed by atoms with Crippen LogP contribution in [0.5, 0.6) is 0 Å². The first-order valence-electron chi connectivity index (χ1n) is 3.03. The molecule has 0 N–H and O–H groups in total. The molecule has 0 saturated carbocycles. The molecule has 0 spiro atoms. The third-order valence-electron chi connectivity index (χ3n) is 0.960. The fourth-order valence-electron chi connectivity index (χ4n) is 0.489. The molecular weight excluding hydrogens is 191 g/mol. The van der Waals surface area contributed by atoms with Crippen LogP contribution in [0.4, 0.5) is 0 Å².